The molecule has 0 aliphatic carbocycles. The minimum Gasteiger partial charge on any atom is -0.422 e. The molecule has 2 aromatic heterocycles. The summed E-state index contributed by atoms with van der Waals surface area (Å²) in [6, 6.07) is 7.29. The molecule has 1 aromatic carbocycles. The molecule has 4 rings (SSSR count). The topological polar surface area (TPSA) is 83.6 Å². The molecule has 3 aromatic rings. The molecule has 1 N–H and O–H groups in total. The van der Waals surface area contributed by atoms with E-state index >= 15 is 0 Å². The highest BCUT2D eigenvalue weighted by atomic mass is 16.4. The standard InChI is InChI=1S/C20H25N5O3/c1-23-9-11-24(12-10-23)8-4-7-21-18(26)14-25-19-15-5-2-3-6-17(15)28-20(27)16(19)13-22-25/h2-3,5-6,13H,4,7-12,14H2,1H3,(H,21,26). The van der Waals surface area contributed by atoms with E-state index in [2.05, 4.69) is 27.3 Å². The van der Waals surface area contributed by atoms with Gasteiger partial charge in [0.15, 0.2) is 0 Å². The number of piperazine rings is 1. The first kappa shape index (κ1) is 18.6. The second kappa shape index (κ2) is 8.12. The Morgan fingerprint density at radius 3 is 2.79 bits per heavy atom. The molecule has 1 aliphatic rings. The van der Waals surface area contributed by atoms with Crippen molar-refractivity contribution in [1.29, 1.82) is 0 Å². The van der Waals surface area contributed by atoms with Gasteiger partial charge >= 0.3 is 5.63 Å². The summed E-state index contributed by atoms with van der Waals surface area (Å²) in [5.41, 5.74) is 0.696. The number of rotatable bonds is 6. The molecule has 3 heterocycles. The number of amides is 1. The van der Waals surface area contributed by atoms with E-state index in [4.69, 9.17) is 4.42 Å². The number of nitrogens with one attached hydrogen (secondary N) is 1. The van der Waals surface area contributed by atoms with E-state index in [1.165, 1.54) is 6.20 Å². The summed E-state index contributed by atoms with van der Waals surface area (Å²) >= 11 is 0. The molecule has 1 fully saturated rings. The number of fused-ring (bicyclic) bond motifs is 3. The predicted octanol–water partition coefficient (Wildman–Crippen LogP) is 0.896. The van der Waals surface area contributed by atoms with Crippen molar-refractivity contribution in [3.05, 3.63) is 40.9 Å². The van der Waals surface area contributed by atoms with Gasteiger partial charge in [0.25, 0.3) is 0 Å². The van der Waals surface area contributed by atoms with E-state index in [1.54, 1.807) is 10.7 Å². The first-order valence-corrected chi connectivity index (χ1v) is 9.67. The molecule has 0 saturated carbocycles. The average Bonchev–Trinajstić information content (AvgIpc) is 3.11. The van der Waals surface area contributed by atoms with E-state index in [9.17, 15) is 9.59 Å². The lowest BCUT2D eigenvalue weighted by Gasteiger charge is -2.32. The Hall–Kier alpha value is -2.71. The molecule has 0 atom stereocenters. The SMILES string of the molecule is CN1CCN(CCCNC(=O)Cn2ncc3c(=O)oc4ccccc4c32)CC1. The normalized spacial score (nSPS) is 16.0. The number of hydrogen-bond acceptors (Lipinski definition) is 6. The number of nitrogens with zero attached hydrogens (tertiary/aromatic N) is 4. The molecule has 0 radical (unpaired) electrons. The highest BCUT2D eigenvalue weighted by Crippen LogP contribution is 2.22. The van der Waals surface area contributed by atoms with E-state index in [-0.39, 0.29) is 12.5 Å². The molecule has 28 heavy (non-hydrogen) atoms. The van der Waals surface area contributed by atoms with Crippen LogP contribution in [0, 0.1) is 0 Å². The van der Waals surface area contributed by atoms with Gasteiger partial charge in [0.05, 0.1) is 11.7 Å². The highest BCUT2D eigenvalue weighted by Gasteiger charge is 2.15. The summed E-state index contributed by atoms with van der Waals surface area (Å²) in [5.74, 6) is -0.110. The molecule has 1 aliphatic heterocycles. The Morgan fingerprint density at radius 2 is 1.96 bits per heavy atom. The largest absolute Gasteiger partial charge is 0.422 e. The zero-order valence-corrected chi connectivity index (χ0v) is 16.1. The van der Waals surface area contributed by atoms with Crippen LogP contribution < -0.4 is 10.9 Å². The molecule has 8 nitrogen and oxygen atoms in total. The third kappa shape index (κ3) is 3.93. The zero-order chi connectivity index (χ0) is 19.5. The summed E-state index contributed by atoms with van der Waals surface area (Å²) in [7, 11) is 2.14. The summed E-state index contributed by atoms with van der Waals surface area (Å²) in [6.45, 7) is 6.06. The van der Waals surface area contributed by atoms with Crippen LogP contribution in [0.2, 0.25) is 0 Å². The third-order valence-corrected chi connectivity index (χ3v) is 5.27. The molecular weight excluding hydrogens is 358 g/mol. The van der Waals surface area contributed by atoms with Crippen LogP contribution in [-0.2, 0) is 11.3 Å². The van der Waals surface area contributed by atoms with Gasteiger partial charge in [-0.25, -0.2) is 4.79 Å². The fourth-order valence-corrected chi connectivity index (χ4v) is 3.64. The smallest absolute Gasteiger partial charge is 0.347 e. The number of carbonyl (C=O) groups excluding carboxylic acids is 1. The monoisotopic (exact) mass is 383 g/mol. The first-order chi connectivity index (χ1) is 13.6. The lowest BCUT2D eigenvalue weighted by molar-refractivity contribution is -0.121. The lowest BCUT2D eigenvalue weighted by atomic mass is 10.2. The highest BCUT2D eigenvalue weighted by molar-refractivity contribution is 6.02. The van der Waals surface area contributed by atoms with Gasteiger partial charge in [0.1, 0.15) is 17.5 Å². The lowest BCUT2D eigenvalue weighted by Crippen LogP contribution is -2.45. The van der Waals surface area contributed by atoms with Gasteiger partial charge in [0, 0.05) is 38.1 Å². The Kier molecular flexibility index (Phi) is 5.40. The van der Waals surface area contributed by atoms with Crippen molar-refractivity contribution >= 4 is 27.8 Å². The molecule has 148 valence electrons. The Morgan fingerprint density at radius 1 is 1.18 bits per heavy atom. The molecule has 1 amide bonds. The van der Waals surface area contributed by atoms with E-state index in [0.29, 0.717) is 23.0 Å². The van der Waals surface area contributed by atoms with Crippen molar-refractivity contribution in [3.8, 4) is 0 Å². The number of carbonyl (C=O) groups is 1. The van der Waals surface area contributed by atoms with Crippen LogP contribution in [0.25, 0.3) is 21.9 Å². The van der Waals surface area contributed by atoms with Crippen molar-refractivity contribution < 1.29 is 9.21 Å². The van der Waals surface area contributed by atoms with Crippen LogP contribution >= 0.6 is 0 Å². The van der Waals surface area contributed by atoms with Crippen molar-refractivity contribution in [2.24, 2.45) is 0 Å². The predicted molar refractivity (Wildman–Crippen MR) is 107 cm³/mol. The Bertz CT molecular complexity index is 1030. The van der Waals surface area contributed by atoms with E-state index < -0.39 is 5.63 Å². The quantitative estimate of drug-likeness (QED) is 0.503. The van der Waals surface area contributed by atoms with Crippen LogP contribution in [0.4, 0.5) is 0 Å². The van der Waals surface area contributed by atoms with Crippen LogP contribution in [0.5, 0.6) is 0 Å². The second-order valence-electron chi connectivity index (χ2n) is 7.30. The fourth-order valence-electron chi connectivity index (χ4n) is 3.64. The van der Waals surface area contributed by atoms with Gasteiger partial charge < -0.3 is 19.5 Å². The molecule has 8 heteroatoms. The second-order valence-corrected chi connectivity index (χ2v) is 7.30. The van der Waals surface area contributed by atoms with Gasteiger partial charge in [-0.2, -0.15) is 5.10 Å². The van der Waals surface area contributed by atoms with Crippen molar-refractivity contribution in [3.63, 3.8) is 0 Å². The maximum absolute atomic E-state index is 12.4. The minimum absolute atomic E-state index is 0.0749. The van der Waals surface area contributed by atoms with Gasteiger partial charge in [-0.3, -0.25) is 9.48 Å². The summed E-state index contributed by atoms with van der Waals surface area (Å²) in [4.78, 5) is 29.3. The van der Waals surface area contributed by atoms with Gasteiger partial charge in [-0.1, -0.05) is 12.1 Å². The van der Waals surface area contributed by atoms with Crippen molar-refractivity contribution in [2.75, 3.05) is 46.3 Å². The Labute approximate surface area is 162 Å². The summed E-state index contributed by atoms with van der Waals surface area (Å²) in [5, 5.41) is 8.36. The third-order valence-electron chi connectivity index (χ3n) is 5.27. The maximum Gasteiger partial charge on any atom is 0.347 e. The average molecular weight is 383 g/mol. The molecular formula is C20H25N5O3. The number of aromatic nitrogens is 2. The molecule has 0 spiro atoms. The van der Waals surface area contributed by atoms with Crippen molar-refractivity contribution in [1.82, 2.24) is 24.9 Å². The molecule has 0 bridgehead atoms. The van der Waals surface area contributed by atoms with Gasteiger partial charge in [-0.05, 0) is 32.1 Å². The summed E-state index contributed by atoms with van der Waals surface area (Å²) in [6.07, 6.45) is 2.39. The van der Waals surface area contributed by atoms with Crippen LogP contribution in [0.1, 0.15) is 6.42 Å². The van der Waals surface area contributed by atoms with Crippen molar-refractivity contribution in [2.45, 2.75) is 13.0 Å². The van der Waals surface area contributed by atoms with Gasteiger partial charge in [0.2, 0.25) is 5.91 Å². The first-order valence-electron chi connectivity index (χ1n) is 9.67. The zero-order valence-electron chi connectivity index (χ0n) is 16.1. The summed E-state index contributed by atoms with van der Waals surface area (Å²) < 4.78 is 6.89. The minimum atomic E-state index is -0.437. The fraction of sp³-hybridized carbons (Fsp3) is 0.450. The molecule has 0 unspecified atom stereocenters. The number of para-hydroxylation sites is 1. The number of benzene rings is 1. The number of likely N-dealkylation sites (N-methyl/N-ethyl adjacent to an activating group) is 1. The van der Waals surface area contributed by atoms with E-state index in [1.807, 2.05) is 18.2 Å². The molecule has 1 saturated heterocycles. The van der Waals surface area contributed by atoms with Crippen LogP contribution in [0.15, 0.2) is 39.7 Å². The maximum atomic E-state index is 12.4. The Balaban J connectivity index is 1.37. The van der Waals surface area contributed by atoms with Crippen LogP contribution in [0.3, 0.4) is 0 Å². The van der Waals surface area contributed by atoms with Crippen LogP contribution in [-0.4, -0.2) is 71.8 Å². The number of hydrogen-bond donors (Lipinski definition) is 1. The van der Waals surface area contributed by atoms with E-state index in [0.717, 1.165) is 44.5 Å². The van der Waals surface area contributed by atoms with Gasteiger partial charge in [-0.15, -0.1) is 0 Å².